The molecule has 0 radical (unpaired) electrons. The molecular formula is C14H17N3O2. The third-order valence-corrected chi connectivity index (χ3v) is 2.73. The highest BCUT2D eigenvalue weighted by Gasteiger charge is 2.09. The summed E-state index contributed by atoms with van der Waals surface area (Å²) in [6.07, 6.45) is 0.932. The number of hydrogen-bond acceptors (Lipinski definition) is 4. The Kier molecular flexibility index (Phi) is 4.30. The fraction of sp³-hybridized carbons (Fsp3) is 0.286. The number of nitrogens with two attached hydrogens (primary N) is 1. The van der Waals surface area contributed by atoms with E-state index >= 15 is 0 Å². The minimum atomic E-state index is -0.252. The molecule has 2 rings (SSSR count). The van der Waals surface area contributed by atoms with Gasteiger partial charge in [0.05, 0.1) is 12.3 Å². The summed E-state index contributed by atoms with van der Waals surface area (Å²) >= 11 is 0. The van der Waals surface area contributed by atoms with E-state index in [2.05, 4.69) is 10.2 Å². The highest BCUT2D eigenvalue weighted by Crippen LogP contribution is 2.27. The number of nitrogens with one attached hydrogen (secondary N) is 1. The van der Waals surface area contributed by atoms with Crippen LogP contribution in [-0.4, -0.2) is 16.8 Å². The van der Waals surface area contributed by atoms with Gasteiger partial charge in [-0.2, -0.15) is 5.10 Å². The van der Waals surface area contributed by atoms with Crippen LogP contribution in [0.15, 0.2) is 35.1 Å². The van der Waals surface area contributed by atoms with E-state index in [9.17, 15) is 4.79 Å². The minimum absolute atomic E-state index is 0.183. The molecule has 0 aliphatic rings. The Morgan fingerprint density at radius 1 is 1.37 bits per heavy atom. The van der Waals surface area contributed by atoms with E-state index in [4.69, 9.17) is 10.5 Å². The summed E-state index contributed by atoms with van der Waals surface area (Å²) in [6, 6.07) is 9.31. The summed E-state index contributed by atoms with van der Waals surface area (Å²) in [4.78, 5) is 11.5. The fourth-order valence-electron chi connectivity index (χ4n) is 1.75. The van der Waals surface area contributed by atoms with E-state index in [0.29, 0.717) is 17.9 Å². The van der Waals surface area contributed by atoms with Gasteiger partial charge >= 0.3 is 0 Å². The standard InChI is InChI=1S/C14H17N3O2/c1-2-7-19-13-6-4-3-5-11(13)12-8-10(9-15)14(18)17-16-12/h3-6,8H,2,7,9,15H2,1H3,(H,17,18). The molecule has 0 bridgehead atoms. The molecule has 0 amide bonds. The van der Waals surface area contributed by atoms with Gasteiger partial charge in [0.15, 0.2) is 0 Å². The second kappa shape index (κ2) is 6.15. The van der Waals surface area contributed by atoms with Crippen molar-refractivity contribution in [3.05, 3.63) is 46.2 Å². The summed E-state index contributed by atoms with van der Waals surface area (Å²) in [5.41, 5.74) is 7.30. The maximum Gasteiger partial charge on any atom is 0.268 e. The van der Waals surface area contributed by atoms with E-state index in [1.54, 1.807) is 6.07 Å². The molecule has 0 aliphatic carbocycles. The van der Waals surface area contributed by atoms with Crippen molar-refractivity contribution in [1.82, 2.24) is 10.2 Å². The first-order chi connectivity index (χ1) is 9.26. The van der Waals surface area contributed by atoms with Gasteiger partial charge in [0, 0.05) is 17.7 Å². The molecule has 5 nitrogen and oxygen atoms in total. The van der Waals surface area contributed by atoms with Gasteiger partial charge in [-0.15, -0.1) is 0 Å². The van der Waals surface area contributed by atoms with Gasteiger partial charge in [-0.1, -0.05) is 19.1 Å². The summed E-state index contributed by atoms with van der Waals surface area (Å²) in [6.45, 7) is 2.88. The molecule has 0 saturated heterocycles. The molecule has 1 heterocycles. The Morgan fingerprint density at radius 3 is 2.89 bits per heavy atom. The second-order valence-electron chi connectivity index (χ2n) is 4.16. The van der Waals surface area contributed by atoms with Crippen LogP contribution in [0.4, 0.5) is 0 Å². The largest absolute Gasteiger partial charge is 0.493 e. The quantitative estimate of drug-likeness (QED) is 0.856. The summed E-state index contributed by atoms with van der Waals surface area (Å²) in [5.74, 6) is 0.756. The van der Waals surface area contributed by atoms with Crippen LogP contribution in [0.5, 0.6) is 5.75 Å². The van der Waals surface area contributed by atoms with Crippen LogP contribution in [0, 0.1) is 0 Å². The van der Waals surface area contributed by atoms with Gasteiger partial charge in [0.25, 0.3) is 5.56 Å². The summed E-state index contributed by atoms with van der Waals surface area (Å²) < 4.78 is 5.68. The number of hydrogen-bond donors (Lipinski definition) is 2. The predicted octanol–water partition coefficient (Wildman–Crippen LogP) is 1.68. The van der Waals surface area contributed by atoms with Crippen molar-refractivity contribution in [2.24, 2.45) is 5.73 Å². The number of benzene rings is 1. The molecule has 0 fully saturated rings. The van der Waals surface area contributed by atoms with Gasteiger partial charge in [-0.3, -0.25) is 4.79 Å². The summed E-state index contributed by atoms with van der Waals surface area (Å²) in [5, 5.41) is 6.51. The lowest BCUT2D eigenvalue weighted by Gasteiger charge is -2.10. The van der Waals surface area contributed by atoms with Crippen LogP contribution < -0.4 is 16.0 Å². The van der Waals surface area contributed by atoms with Gasteiger partial charge in [0.2, 0.25) is 0 Å². The molecule has 19 heavy (non-hydrogen) atoms. The van der Waals surface area contributed by atoms with E-state index in [0.717, 1.165) is 17.7 Å². The van der Waals surface area contributed by atoms with Crippen LogP contribution in [0.25, 0.3) is 11.3 Å². The molecule has 0 saturated carbocycles. The molecule has 0 unspecified atom stereocenters. The third kappa shape index (κ3) is 3.00. The molecule has 1 aromatic carbocycles. The predicted molar refractivity (Wildman–Crippen MR) is 74.0 cm³/mol. The average molecular weight is 259 g/mol. The molecule has 0 spiro atoms. The normalized spacial score (nSPS) is 10.4. The maximum absolute atomic E-state index is 11.5. The van der Waals surface area contributed by atoms with Crippen molar-refractivity contribution < 1.29 is 4.74 Å². The van der Waals surface area contributed by atoms with Crippen molar-refractivity contribution in [2.75, 3.05) is 6.61 Å². The zero-order chi connectivity index (χ0) is 13.7. The van der Waals surface area contributed by atoms with Gasteiger partial charge < -0.3 is 10.5 Å². The SMILES string of the molecule is CCCOc1ccccc1-c1cc(CN)c(=O)[nH]n1. The maximum atomic E-state index is 11.5. The van der Waals surface area contributed by atoms with Gasteiger partial charge in [0.1, 0.15) is 5.75 Å². The zero-order valence-corrected chi connectivity index (χ0v) is 10.8. The Labute approximate surface area is 111 Å². The molecule has 100 valence electrons. The van der Waals surface area contributed by atoms with Crippen molar-refractivity contribution in [3.8, 4) is 17.0 Å². The lowest BCUT2D eigenvalue weighted by Crippen LogP contribution is -2.17. The van der Waals surface area contributed by atoms with Crippen LogP contribution >= 0.6 is 0 Å². The van der Waals surface area contributed by atoms with E-state index < -0.39 is 0 Å². The van der Waals surface area contributed by atoms with Crippen molar-refractivity contribution in [2.45, 2.75) is 19.9 Å². The second-order valence-corrected chi connectivity index (χ2v) is 4.16. The first-order valence-electron chi connectivity index (χ1n) is 6.27. The molecule has 0 atom stereocenters. The van der Waals surface area contributed by atoms with Crippen LogP contribution in [-0.2, 0) is 6.54 Å². The number of aromatic amines is 1. The first kappa shape index (κ1) is 13.3. The molecule has 2 aromatic rings. The third-order valence-electron chi connectivity index (χ3n) is 2.73. The minimum Gasteiger partial charge on any atom is -0.493 e. The van der Waals surface area contributed by atoms with Crippen molar-refractivity contribution >= 4 is 0 Å². The van der Waals surface area contributed by atoms with Crippen LogP contribution in [0.3, 0.4) is 0 Å². The zero-order valence-electron chi connectivity index (χ0n) is 10.8. The Balaban J connectivity index is 2.43. The molecule has 1 aromatic heterocycles. The Morgan fingerprint density at radius 2 is 2.16 bits per heavy atom. The lowest BCUT2D eigenvalue weighted by molar-refractivity contribution is 0.318. The topological polar surface area (TPSA) is 81.0 Å². The fourth-order valence-corrected chi connectivity index (χ4v) is 1.75. The smallest absolute Gasteiger partial charge is 0.268 e. The molecule has 0 aliphatic heterocycles. The molecule has 3 N–H and O–H groups in total. The van der Waals surface area contributed by atoms with E-state index in [1.165, 1.54) is 0 Å². The van der Waals surface area contributed by atoms with E-state index in [1.807, 2.05) is 31.2 Å². The Bertz CT molecular complexity index is 608. The highest BCUT2D eigenvalue weighted by molar-refractivity contribution is 5.67. The number of aromatic nitrogens is 2. The van der Waals surface area contributed by atoms with Crippen molar-refractivity contribution in [3.63, 3.8) is 0 Å². The van der Waals surface area contributed by atoms with E-state index in [-0.39, 0.29) is 12.1 Å². The average Bonchev–Trinajstić information content (AvgIpc) is 2.46. The van der Waals surface area contributed by atoms with Crippen LogP contribution in [0.1, 0.15) is 18.9 Å². The van der Waals surface area contributed by atoms with Gasteiger partial charge in [-0.05, 0) is 24.6 Å². The molecule has 5 heteroatoms. The number of nitrogens with zero attached hydrogens (tertiary/aromatic N) is 1. The van der Waals surface area contributed by atoms with Crippen molar-refractivity contribution in [1.29, 1.82) is 0 Å². The number of rotatable bonds is 5. The highest BCUT2D eigenvalue weighted by atomic mass is 16.5. The number of ether oxygens (including phenoxy) is 1. The Hall–Kier alpha value is -2.14. The first-order valence-corrected chi connectivity index (χ1v) is 6.27. The summed E-state index contributed by atoms with van der Waals surface area (Å²) in [7, 11) is 0. The van der Waals surface area contributed by atoms with Crippen LogP contribution in [0.2, 0.25) is 0 Å². The lowest BCUT2D eigenvalue weighted by atomic mass is 10.1. The number of para-hydroxylation sites is 1. The number of H-pyrrole nitrogens is 1. The van der Waals surface area contributed by atoms with Gasteiger partial charge in [-0.25, -0.2) is 5.10 Å². The molecular weight excluding hydrogens is 242 g/mol. The monoisotopic (exact) mass is 259 g/mol.